The third-order valence-electron chi connectivity index (χ3n) is 6.43. The molecule has 0 radical (unpaired) electrons. The first-order valence-corrected chi connectivity index (χ1v) is 11.6. The number of hydrogen-bond donors (Lipinski definition) is 2. The number of pyridine rings is 1. The summed E-state index contributed by atoms with van der Waals surface area (Å²) in [5, 5.41) is 12.2. The number of fused-ring (bicyclic) bond motifs is 1. The molecule has 4 rings (SSSR count). The smallest absolute Gasteiger partial charge is 0.413 e. The van der Waals surface area contributed by atoms with Crippen LogP contribution in [0.1, 0.15) is 35.7 Å². The SMILES string of the molecule is COC(=O)C(NC(=O)C1CCN(C(=O)Cc2ccc3c(n2)N(C(=O)O)CCC3)C1)c1ccccc1. The minimum Gasteiger partial charge on any atom is -0.467 e. The van der Waals surface area contributed by atoms with E-state index in [1.165, 1.54) is 12.0 Å². The van der Waals surface area contributed by atoms with Gasteiger partial charge >= 0.3 is 12.1 Å². The molecule has 0 spiro atoms. The summed E-state index contributed by atoms with van der Waals surface area (Å²) in [7, 11) is 1.27. The molecule has 0 saturated carbocycles. The van der Waals surface area contributed by atoms with Gasteiger partial charge in [0, 0.05) is 19.6 Å². The molecule has 1 fully saturated rings. The van der Waals surface area contributed by atoms with E-state index in [4.69, 9.17) is 4.74 Å². The molecule has 2 aliphatic rings. The second-order valence-corrected chi connectivity index (χ2v) is 8.70. The largest absolute Gasteiger partial charge is 0.467 e. The van der Waals surface area contributed by atoms with E-state index in [2.05, 4.69) is 10.3 Å². The average molecular weight is 481 g/mol. The van der Waals surface area contributed by atoms with Crippen LogP contribution in [0.2, 0.25) is 0 Å². The van der Waals surface area contributed by atoms with Crippen molar-refractivity contribution in [2.75, 3.05) is 31.6 Å². The molecular formula is C25H28N4O6. The minimum atomic E-state index is -1.06. The molecule has 1 aromatic heterocycles. The van der Waals surface area contributed by atoms with Crippen LogP contribution in [0.25, 0.3) is 0 Å². The number of benzene rings is 1. The van der Waals surface area contributed by atoms with Gasteiger partial charge in [0.25, 0.3) is 0 Å². The zero-order valence-corrected chi connectivity index (χ0v) is 19.5. The molecule has 2 aromatic rings. The van der Waals surface area contributed by atoms with Crippen molar-refractivity contribution in [1.82, 2.24) is 15.2 Å². The van der Waals surface area contributed by atoms with Gasteiger partial charge in [0.15, 0.2) is 6.04 Å². The van der Waals surface area contributed by atoms with Gasteiger partial charge in [-0.05, 0) is 36.5 Å². The number of hydrogen-bond acceptors (Lipinski definition) is 6. The van der Waals surface area contributed by atoms with Crippen molar-refractivity contribution in [1.29, 1.82) is 0 Å². The normalized spacial score (nSPS) is 17.9. The molecule has 1 aromatic carbocycles. The third kappa shape index (κ3) is 5.42. The van der Waals surface area contributed by atoms with Crippen LogP contribution >= 0.6 is 0 Å². The molecule has 3 amide bonds. The maximum atomic E-state index is 12.9. The number of amides is 3. The fourth-order valence-corrected chi connectivity index (χ4v) is 4.53. The van der Waals surface area contributed by atoms with Crippen LogP contribution < -0.4 is 10.2 Å². The van der Waals surface area contributed by atoms with Gasteiger partial charge in [0.05, 0.1) is 25.1 Å². The van der Waals surface area contributed by atoms with Crippen molar-refractivity contribution in [3.8, 4) is 0 Å². The molecule has 3 heterocycles. The van der Waals surface area contributed by atoms with Crippen LogP contribution in [-0.2, 0) is 32.0 Å². The fraction of sp³-hybridized carbons (Fsp3) is 0.400. The van der Waals surface area contributed by atoms with Gasteiger partial charge in [-0.2, -0.15) is 0 Å². The van der Waals surface area contributed by atoms with E-state index in [0.29, 0.717) is 36.6 Å². The summed E-state index contributed by atoms with van der Waals surface area (Å²) in [5.74, 6) is -1.12. The van der Waals surface area contributed by atoms with Crippen molar-refractivity contribution in [2.24, 2.45) is 5.92 Å². The number of carbonyl (C=O) groups excluding carboxylic acids is 3. The molecule has 2 aliphatic heterocycles. The quantitative estimate of drug-likeness (QED) is 0.605. The number of nitrogens with zero attached hydrogens (tertiary/aromatic N) is 3. The fourth-order valence-electron chi connectivity index (χ4n) is 4.53. The van der Waals surface area contributed by atoms with Crippen molar-refractivity contribution in [2.45, 2.75) is 31.7 Å². The maximum Gasteiger partial charge on any atom is 0.413 e. The van der Waals surface area contributed by atoms with Gasteiger partial charge in [-0.25, -0.2) is 14.6 Å². The van der Waals surface area contributed by atoms with E-state index in [1.807, 2.05) is 12.1 Å². The number of anilines is 1. The number of carbonyl (C=O) groups is 4. The topological polar surface area (TPSA) is 129 Å². The van der Waals surface area contributed by atoms with E-state index in [9.17, 15) is 24.3 Å². The highest BCUT2D eigenvalue weighted by molar-refractivity contribution is 5.88. The molecule has 2 unspecified atom stereocenters. The summed E-state index contributed by atoms with van der Waals surface area (Å²) in [6.45, 7) is 1.03. The third-order valence-corrected chi connectivity index (χ3v) is 6.43. The van der Waals surface area contributed by atoms with E-state index in [0.717, 1.165) is 18.4 Å². The molecule has 2 N–H and O–H groups in total. The van der Waals surface area contributed by atoms with Crippen LogP contribution in [0.15, 0.2) is 42.5 Å². The molecule has 10 heteroatoms. The van der Waals surface area contributed by atoms with Crippen molar-refractivity contribution >= 4 is 29.7 Å². The first kappa shape index (κ1) is 24.2. The predicted molar refractivity (Wildman–Crippen MR) is 126 cm³/mol. The number of esters is 1. The highest BCUT2D eigenvalue weighted by Gasteiger charge is 2.34. The maximum absolute atomic E-state index is 12.9. The van der Waals surface area contributed by atoms with Gasteiger partial charge in [-0.15, -0.1) is 0 Å². The Balaban J connectivity index is 1.38. The molecule has 35 heavy (non-hydrogen) atoms. The van der Waals surface area contributed by atoms with E-state index < -0.39 is 24.0 Å². The summed E-state index contributed by atoms with van der Waals surface area (Å²) < 4.78 is 4.85. The summed E-state index contributed by atoms with van der Waals surface area (Å²) in [6.07, 6.45) is 0.918. The summed E-state index contributed by atoms with van der Waals surface area (Å²) in [6, 6.07) is 11.5. The lowest BCUT2D eigenvalue weighted by atomic mass is 10.0. The summed E-state index contributed by atoms with van der Waals surface area (Å²) in [4.78, 5) is 56.9. The molecule has 1 saturated heterocycles. The van der Waals surface area contributed by atoms with Gasteiger partial charge < -0.3 is 20.1 Å². The Kier molecular flexibility index (Phi) is 7.28. The van der Waals surface area contributed by atoms with Gasteiger partial charge in [-0.3, -0.25) is 14.5 Å². The lowest BCUT2D eigenvalue weighted by molar-refractivity contribution is -0.145. The number of nitrogens with one attached hydrogen (secondary N) is 1. The first-order valence-electron chi connectivity index (χ1n) is 11.6. The second kappa shape index (κ2) is 10.5. The number of methoxy groups -OCH3 is 1. The Bertz CT molecular complexity index is 1120. The Morgan fingerprint density at radius 3 is 2.63 bits per heavy atom. The van der Waals surface area contributed by atoms with E-state index >= 15 is 0 Å². The monoisotopic (exact) mass is 480 g/mol. The lowest BCUT2D eigenvalue weighted by Gasteiger charge is -2.26. The Morgan fingerprint density at radius 2 is 1.91 bits per heavy atom. The Morgan fingerprint density at radius 1 is 1.14 bits per heavy atom. The molecule has 0 bridgehead atoms. The minimum absolute atomic E-state index is 0.0177. The van der Waals surface area contributed by atoms with Crippen LogP contribution in [0, 0.1) is 5.92 Å². The standard InChI is InChI=1S/C25H28N4O6/c1-35-24(32)21(16-6-3-2-4-7-16)27-23(31)18-11-13-28(15-18)20(30)14-19-10-9-17-8-5-12-29(25(33)34)22(17)26-19/h2-4,6-7,9-10,18,21H,5,8,11-15H2,1H3,(H,27,31)(H,33,34). The zero-order valence-electron chi connectivity index (χ0n) is 19.5. The van der Waals surface area contributed by atoms with Gasteiger partial charge in [0.1, 0.15) is 5.82 Å². The highest BCUT2D eigenvalue weighted by Crippen LogP contribution is 2.26. The first-order chi connectivity index (χ1) is 16.9. The van der Waals surface area contributed by atoms with Crippen LogP contribution in [0.4, 0.5) is 10.6 Å². The molecule has 2 atom stereocenters. The molecule has 184 valence electrons. The number of carboxylic acid groups (broad SMARTS) is 1. The zero-order chi connectivity index (χ0) is 24.9. The average Bonchev–Trinajstić information content (AvgIpc) is 3.37. The number of ether oxygens (including phenoxy) is 1. The van der Waals surface area contributed by atoms with Crippen molar-refractivity contribution in [3.05, 3.63) is 59.3 Å². The van der Waals surface area contributed by atoms with Crippen LogP contribution in [0.5, 0.6) is 0 Å². The lowest BCUT2D eigenvalue weighted by Crippen LogP contribution is -2.40. The number of aromatic nitrogens is 1. The Hall–Kier alpha value is -3.95. The highest BCUT2D eigenvalue weighted by atomic mass is 16.5. The number of likely N-dealkylation sites (tertiary alicyclic amines) is 1. The van der Waals surface area contributed by atoms with Crippen molar-refractivity contribution < 1.29 is 29.0 Å². The van der Waals surface area contributed by atoms with E-state index in [1.54, 1.807) is 35.2 Å². The predicted octanol–water partition coefficient (Wildman–Crippen LogP) is 1.93. The van der Waals surface area contributed by atoms with Crippen LogP contribution in [0.3, 0.4) is 0 Å². The summed E-state index contributed by atoms with van der Waals surface area (Å²) >= 11 is 0. The van der Waals surface area contributed by atoms with Crippen molar-refractivity contribution in [3.63, 3.8) is 0 Å². The van der Waals surface area contributed by atoms with E-state index in [-0.39, 0.29) is 24.8 Å². The second-order valence-electron chi connectivity index (χ2n) is 8.70. The molecular weight excluding hydrogens is 452 g/mol. The Labute approximate surface area is 202 Å². The van der Waals surface area contributed by atoms with Gasteiger partial charge in [0.2, 0.25) is 11.8 Å². The van der Waals surface area contributed by atoms with Gasteiger partial charge in [-0.1, -0.05) is 36.4 Å². The molecule has 0 aliphatic carbocycles. The molecule has 10 nitrogen and oxygen atoms in total. The summed E-state index contributed by atoms with van der Waals surface area (Å²) in [5.41, 5.74) is 1.96. The number of aryl methyl sites for hydroxylation is 1. The number of rotatable bonds is 6. The van der Waals surface area contributed by atoms with Crippen LogP contribution in [-0.4, -0.2) is 65.6 Å².